The number of rotatable bonds is 4. The van der Waals surface area contributed by atoms with Crippen molar-refractivity contribution in [3.8, 4) is 11.1 Å². The maximum Gasteiger partial charge on any atom is 0.217 e. The summed E-state index contributed by atoms with van der Waals surface area (Å²) < 4.78 is 5.94. The molecule has 0 aromatic heterocycles. The van der Waals surface area contributed by atoms with E-state index in [1.807, 2.05) is 18.2 Å². The second-order valence-electron chi connectivity index (χ2n) is 6.00. The van der Waals surface area contributed by atoms with Crippen LogP contribution in [0.5, 0.6) is 0 Å². The average Bonchev–Trinajstić information content (AvgIpc) is 3.12. The van der Waals surface area contributed by atoms with E-state index in [9.17, 15) is 0 Å². The van der Waals surface area contributed by atoms with Gasteiger partial charge in [0.2, 0.25) is 5.90 Å². The number of hydrogen-bond donors (Lipinski definition) is 0. The lowest BCUT2D eigenvalue weighted by Crippen LogP contribution is -2.09. The highest BCUT2D eigenvalue weighted by Crippen LogP contribution is 2.26. The van der Waals surface area contributed by atoms with Gasteiger partial charge >= 0.3 is 0 Å². The summed E-state index contributed by atoms with van der Waals surface area (Å²) in [4.78, 5) is 4.83. The van der Waals surface area contributed by atoms with Crippen molar-refractivity contribution in [3.05, 3.63) is 96.1 Å². The van der Waals surface area contributed by atoms with Crippen LogP contribution in [-0.2, 0) is 11.2 Å². The first-order valence-electron chi connectivity index (χ1n) is 8.29. The largest absolute Gasteiger partial charge is 0.475 e. The van der Waals surface area contributed by atoms with Gasteiger partial charge in [-0.1, -0.05) is 78.9 Å². The second-order valence-corrected chi connectivity index (χ2v) is 6.00. The Labute approximate surface area is 142 Å². The van der Waals surface area contributed by atoms with E-state index in [2.05, 4.69) is 66.7 Å². The van der Waals surface area contributed by atoms with Gasteiger partial charge in [0, 0.05) is 5.56 Å². The minimum absolute atomic E-state index is 0.186. The van der Waals surface area contributed by atoms with Crippen molar-refractivity contribution in [2.75, 3.05) is 6.61 Å². The molecule has 3 aromatic carbocycles. The lowest BCUT2D eigenvalue weighted by molar-refractivity contribution is 0.317. The molecule has 1 heterocycles. The maximum absolute atomic E-state index is 5.94. The quantitative estimate of drug-likeness (QED) is 0.681. The molecule has 0 radical (unpaired) electrons. The van der Waals surface area contributed by atoms with Crippen molar-refractivity contribution in [2.45, 2.75) is 12.5 Å². The molecule has 2 nitrogen and oxygen atoms in total. The van der Waals surface area contributed by atoms with Gasteiger partial charge in [-0.3, -0.25) is 0 Å². The van der Waals surface area contributed by atoms with E-state index in [0.29, 0.717) is 6.61 Å². The molecule has 0 amide bonds. The molecule has 3 aromatic rings. The molecule has 0 spiro atoms. The van der Waals surface area contributed by atoms with Gasteiger partial charge < -0.3 is 4.74 Å². The Morgan fingerprint density at radius 3 is 2.12 bits per heavy atom. The Bertz CT molecular complexity index is 840. The molecule has 0 aliphatic carbocycles. The summed E-state index contributed by atoms with van der Waals surface area (Å²) in [5.41, 5.74) is 4.72. The molecule has 0 saturated heterocycles. The molecular weight excluding hydrogens is 294 g/mol. The van der Waals surface area contributed by atoms with Crippen LogP contribution >= 0.6 is 0 Å². The van der Waals surface area contributed by atoms with Crippen LogP contribution in [0.2, 0.25) is 0 Å². The highest BCUT2D eigenvalue weighted by atomic mass is 16.5. The van der Waals surface area contributed by atoms with Gasteiger partial charge in [0.1, 0.15) is 6.61 Å². The number of aliphatic imine (C=N–C) groups is 1. The SMILES string of the molecule is c1ccc(C[C@@H]2COC(c3ccccc3-c3ccccc3)=N2)cc1. The third kappa shape index (κ3) is 3.09. The summed E-state index contributed by atoms with van der Waals surface area (Å²) in [6, 6.07) is 29.4. The minimum atomic E-state index is 0.186. The predicted octanol–water partition coefficient (Wildman–Crippen LogP) is 4.74. The van der Waals surface area contributed by atoms with Crippen molar-refractivity contribution >= 4 is 5.90 Å². The highest BCUT2D eigenvalue weighted by Gasteiger charge is 2.22. The molecule has 0 N–H and O–H groups in total. The van der Waals surface area contributed by atoms with E-state index in [-0.39, 0.29) is 6.04 Å². The summed E-state index contributed by atoms with van der Waals surface area (Å²) in [7, 11) is 0. The van der Waals surface area contributed by atoms with E-state index in [0.717, 1.165) is 23.4 Å². The third-order valence-corrected chi connectivity index (χ3v) is 4.27. The fraction of sp³-hybridized carbons (Fsp3) is 0.136. The number of nitrogens with zero attached hydrogens (tertiary/aromatic N) is 1. The van der Waals surface area contributed by atoms with Gasteiger partial charge in [-0.25, -0.2) is 4.99 Å². The first-order chi connectivity index (χ1) is 11.9. The van der Waals surface area contributed by atoms with E-state index in [1.165, 1.54) is 11.1 Å². The molecule has 0 fully saturated rings. The Balaban J connectivity index is 1.62. The standard InChI is InChI=1S/C22H19NO/c1-3-9-17(10-4-1)15-19-16-24-22(23-19)21-14-8-7-13-20(21)18-11-5-2-6-12-18/h1-14,19H,15-16H2/t19-/m1/s1. The van der Waals surface area contributed by atoms with Crippen LogP contribution in [0.15, 0.2) is 89.9 Å². The van der Waals surface area contributed by atoms with Crippen molar-refractivity contribution < 1.29 is 4.74 Å². The number of benzene rings is 3. The Morgan fingerprint density at radius 2 is 1.38 bits per heavy atom. The molecule has 1 atom stereocenters. The van der Waals surface area contributed by atoms with Crippen molar-refractivity contribution in [1.82, 2.24) is 0 Å². The highest BCUT2D eigenvalue weighted by molar-refractivity contribution is 6.01. The first-order valence-corrected chi connectivity index (χ1v) is 8.29. The molecule has 24 heavy (non-hydrogen) atoms. The Hall–Kier alpha value is -2.87. The molecule has 118 valence electrons. The Kier molecular flexibility index (Phi) is 4.11. The zero-order valence-electron chi connectivity index (χ0n) is 13.4. The topological polar surface area (TPSA) is 21.6 Å². The van der Waals surface area contributed by atoms with Crippen LogP contribution in [0, 0.1) is 0 Å². The fourth-order valence-electron chi connectivity index (χ4n) is 3.09. The van der Waals surface area contributed by atoms with Gasteiger partial charge in [-0.05, 0) is 29.2 Å². The smallest absolute Gasteiger partial charge is 0.217 e. The van der Waals surface area contributed by atoms with Gasteiger partial charge in [0.05, 0.1) is 6.04 Å². The number of hydrogen-bond acceptors (Lipinski definition) is 2. The summed E-state index contributed by atoms with van der Waals surface area (Å²) in [6.45, 7) is 0.646. The van der Waals surface area contributed by atoms with Crippen LogP contribution < -0.4 is 0 Å². The molecule has 0 bridgehead atoms. The zero-order valence-corrected chi connectivity index (χ0v) is 13.4. The molecule has 0 saturated carbocycles. The third-order valence-electron chi connectivity index (χ3n) is 4.27. The van der Waals surface area contributed by atoms with Crippen LogP contribution in [0.1, 0.15) is 11.1 Å². The van der Waals surface area contributed by atoms with Gasteiger partial charge in [0.15, 0.2) is 0 Å². The van der Waals surface area contributed by atoms with Crippen molar-refractivity contribution in [1.29, 1.82) is 0 Å². The van der Waals surface area contributed by atoms with Crippen LogP contribution in [-0.4, -0.2) is 18.5 Å². The second kappa shape index (κ2) is 6.71. The van der Waals surface area contributed by atoms with E-state index >= 15 is 0 Å². The number of ether oxygens (including phenoxy) is 1. The predicted molar refractivity (Wildman–Crippen MR) is 98.3 cm³/mol. The van der Waals surface area contributed by atoms with Crippen LogP contribution in [0.4, 0.5) is 0 Å². The van der Waals surface area contributed by atoms with Gasteiger partial charge in [0.25, 0.3) is 0 Å². The normalized spacial score (nSPS) is 16.5. The molecule has 4 rings (SSSR count). The Morgan fingerprint density at radius 1 is 0.750 bits per heavy atom. The van der Waals surface area contributed by atoms with Gasteiger partial charge in [-0.15, -0.1) is 0 Å². The molecule has 1 aliphatic rings. The van der Waals surface area contributed by atoms with Crippen LogP contribution in [0.25, 0.3) is 11.1 Å². The lowest BCUT2D eigenvalue weighted by atomic mass is 10.00. The fourth-order valence-corrected chi connectivity index (χ4v) is 3.09. The monoisotopic (exact) mass is 313 g/mol. The molecular formula is C22H19NO. The van der Waals surface area contributed by atoms with E-state index in [4.69, 9.17) is 9.73 Å². The lowest BCUT2D eigenvalue weighted by Gasteiger charge is -2.09. The zero-order chi connectivity index (χ0) is 16.2. The summed E-state index contributed by atoms with van der Waals surface area (Å²) in [5.74, 6) is 0.760. The van der Waals surface area contributed by atoms with E-state index < -0.39 is 0 Å². The van der Waals surface area contributed by atoms with Gasteiger partial charge in [-0.2, -0.15) is 0 Å². The average molecular weight is 313 g/mol. The maximum atomic E-state index is 5.94. The molecule has 0 unspecified atom stereocenters. The van der Waals surface area contributed by atoms with Crippen molar-refractivity contribution in [2.24, 2.45) is 4.99 Å². The minimum Gasteiger partial charge on any atom is -0.475 e. The molecule has 2 heteroatoms. The van der Waals surface area contributed by atoms with Crippen LogP contribution in [0.3, 0.4) is 0 Å². The van der Waals surface area contributed by atoms with E-state index in [1.54, 1.807) is 0 Å². The first kappa shape index (κ1) is 14.7. The molecule has 1 aliphatic heterocycles. The van der Waals surface area contributed by atoms with Crippen molar-refractivity contribution in [3.63, 3.8) is 0 Å². The summed E-state index contributed by atoms with van der Waals surface area (Å²) >= 11 is 0. The summed E-state index contributed by atoms with van der Waals surface area (Å²) in [6.07, 6.45) is 0.915. The summed E-state index contributed by atoms with van der Waals surface area (Å²) in [5, 5.41) is 0.